The molecule has 0 spiro atoms. The number of fused-ring (bicyclic) bond motifs is 1. The van der Waals surface area contributed by atoms with Gasteiger partial charge in [-0.1, -0.05) is 6.07 Å². The lowest BCUT2D eigenvalue weighted by atomic mass is 10.1. The monoisotopic (exact) mass is 272 g/mol. The Labute approximate surface area is 115 Å². The molecule has 20 heavy (non-hydrogen) atoms. The van der Waals surface area contributed by atoms with Crippen molar-refractivity contribution in [2.24, 2.45) is 0 Å². The fourth-order valence-electron chi connectivity index (χ4n) is 2.53. The van der Waals surface area contributed by atoms with Gasteiger partial charge in [-0.15, -0.1) is 0 Å². The lowest BCUT2D eigenvalue weighted by molar-refractivity contribution is -0.136. The molecule has 0 amide bonds. The SMILES string of the molecule is CCn1nc(CC(=O)O)c(=O)c2ccc(C3CC3)cc21. The van der Waals surface area contributed by atoms with E-state index in [1.165, 1.54) is 18.4 Å². The van der Waals surface area contributed by atoms with Crippen LogP contribution in [0.1, 0.15) is 36.9 Å². The molecule has 5 heteroatoms. The van der Waals surface area contributed by atoms with Gasteiger partial charge in [0.05, 0.1) is 11.9 Å². The van der Waals surface area contributed by atoms with Crippen LogP contribution in [0.5, 0.6) is 0 Å². The van der Waals surface area contributed by atoms with Gasteiger partial charge in [-0.3, -0.25) is 14.3 Å². The van der Waals surface area contributed by atoms with Gasteiger partial charge in [0.25, 0.3) is 0 Å². The van der Waals surface area contributed by atoms with Crippen molar-refractivity contribution in [2.75, 3.05) is 0 Å². The average molecular weight is 272 g/mol. The summed E-state index contributed by atoms with van der Waals surface area (Å²) in [6, 6.07) is 5.81. The number of aromatic nitrogens is 2. The quantitative estimate of drug-likeness (QED) is 0.923. The lowest BCUT2D eigenvalue weighted by Gasteiger charge is -2.10. The van der Waals surface area contributed by atoms with Gasteiger partial charge in [-0.25, -0.2) is 0 Å². The average Bonchev–Trinajstić information content (AvgIpc) is 3.25. The van der Waals surface area contributed by atoms with Gasteiger partial charge in [0.15, 0.2) is 0 Å². The molecule has 1 heterocycles. The smallest absolute Gasteiger partial charge is 0.309 e. The number of carboxylic acid groups (broad SMARTS) is 1. The summed E-state index contributed by atoms with van der Waals surface area (Å²) in [4.78, 5) is 23.1. The van der Waals surface area contributed by atoms with Crippen LogP contribution < -0.4 is 5.43 Å². The molecule has 0 bridgehead atoms. The third-order valence-corrected chi connectivity index (χ3v) is 3.71. The maximum Gasteiger partial charge on any atom is 0.309 e. The standard InChI is InChI=1S/C15H16N2O3/c1-2-17-13-7-10(9-3-4-9)5-6-11(13)15(20)12(16-17)8-14(18)19/h5-7,9H,2-4,8H2,1H3,(H,18,19). The van der Waals surface area contributed by atoms with Crippen LogP contribution in [0.2, 0.25) is 0 Å². The van der Waals surface area contributed by atoms with Gasteiger partial charge in [-0.05, 0) is 43.4 Å². The summed E-state index contributed by atoms with van der Waals surface area (Å²) in [5.74, 6) is -0.426. The molecular formula is C15H16N2O3. The van der Waals surface area contributed by atoms with Gasteiger partial charge < -0.3 is 5.11 Å². The molecule has 1 fully saturated rings. The van der Waals surface area contributed by atoms with E-state index in [0.29, 0.717) is 17.8 Å². The number of carbonyl (C=O) groups is 1. The minimum Gasteiger partial charge on any atom is -0.481 e. The minimum atomic E-state index is -1.04. The highest BCUT2D eigenvalue weighted by Gasteiger charge is 2.24. The van der Waals surface area contributed by atoms with Gasteiger partial charge in [0.1, 0.15) is 5.69 Å². The summed E-state index contributed by atoms with van der Waals surface area (Å²) in [6.45, 7) is 2.54. The van der Waals surface area contributed by atoms with Crippen LogP contribution in [0, 0.1) is 0 Å². The molecule has 1 aromatic carbocycles. The predicted octanol–water partition coefficient (Wildman–Crippen LogP) is 1.92. The van der Waals surface area contributed by atoms with Crippen molar-refractivity contribution in [3.05, 3.63) is 39.7 Å². The van der Waals surface area contributed by atoms with Crippen molar-refractivity contribution in [3.63, 3.8) is 0 Å². The molecule has 1 aliphatic rings. The van der Waals surface area contributed by atoms with E-state index >= 15 is 0 Å². The highest BCUT2D eigenvalue weighted by Crippen LogP contribution is 2.40. The van der Waals surface area contributed by atoms with Crippen molar-refractivity contribution < 1.29 is 9.90 Å². The largest absolute Gasteiger partial charge is 0.481 e. The molecule has 0 unspecified atom stereocenters. The Morgan fingerprint density at radius 2 is 2.20 bits per heavy atom. The van der Waals surface area contributed by atoms with Gasteiger partial charge in [0.2, 0.25) is 5.43 Å². The summed E-state index contributed by atoms with van der Waals surface area (Å²) in [6.07, 6.45) is 2.07. The molecule has 3 rings (SSSR count). The zero-order valence-electron chi connectivity index (χ0n) is 11.3. The second-order valence-corrected chi connectivity index (χ2v) is 5.21. The van der Waals surface area contributed by atoms with Crippen LogP contribution in [-0.2, 0) is 17.8 Å². The fraction of sp³-hybridized carbons (Fsp3) is 0.400. The van der Waals surface area contributed by atoms with E-state index in [9.17, 15) is 9.59 Å². The number of aliphatic carboxylic acids is 1. The Balaban J connectivity index is 2.22. The summed E-state index contributed by atoms with van der Waals surface area (Å²) in [5, 5.41) is 13.6. The summed E-state index contributed by atoms with van der Waals surface area (Å²) in [7, 11) is 0. The summed E-state index contributed by atoms with van der Waals surface area (Å²) in [5.41, 5.74) is 1.88. The van der Waals surface area contributed by atoms with E-state index in [1.54, 1.807) is 4.68 Å². The number of aryl methyl sites for hydroxylation is 1. The van der Waals surface area contributed by atoms with E-state index in [2.05, 4.69) is 5.10 Å². The molecule has 2 aromatic rings. The molecule has 0 aliphatic heterocycles. The number of benzene rings is 1. The first kappa shape index (κ1) is 12.8. The molecule has 5 nitrogen and oxygen atoms in total. The van der Waals surface area contributed by atoms with Crippen molar-refractivity contribution in [1.29, 1.82) is 0 Å². The van der Waals surface area contributed by atoms with E-state index in [4.69, 9.17) is 5.11 Å². The molecular weight excluding hydrogens is 256 g/mol. The molecule has 0 atom stereocenters. The molecule has 1 aliphatic carbocycles. The topological polar surface area (TPSA) is 72.2 Å². The van der Waals surface area contributed by atoms with Crippen LogP contribution in [0.4, 0.5) is 0 Å². The molecule has 1 saturated carbocycles. The van der Waals surface area contributed by atoms with E-state index in [-0.39, 0.29) is 17.5 Å². The third kappa shape index (κ3) is 2.19. The van der Waals surface area contributed by atoms with Crippen LogP contribution in [-0.4, -0.2) is 20.9 Å². The number of nitrogens with zero attached hydrogens (tertiary/aromatic N) is 2. The predicted molar refractivity (Wildman–Crippen MR) is 75.0 cm³/mol. The number of rotatable bonds is 4. The third-order valence-electron chi connectivity index (χ3n) is 3.71. The Morgan fingerprint density at radius 3 is 2.80 bits per heavy atom. The fourth-order valence-corrected chi connectivity index (χ4v) is 2.53. The Kier molecular flexibility index (Phi) is 3.04. The number of carboxylic acids is 1. The summed E-state index contributed by atoms with van der Waals surface area (Å²) >= 11 is 0. The maximum absolute atomic E-state index is 12.3. The molecule has 1 N–H and O–H groups in total. The summed E-state index contributed by atoms with van der Waals surface area (Å²) < 4.78 is 1.72. The van der Waals surface area contributed by atoms with Gasteiger partial charge in [-0.2, -0.15) is 5.10 Å². The van der Waals surface area contributed by atoms with Gasteiger partial charge >= 0.3 is 5.97 Å². The normalized spacial score (nSPS) is 14.7. The molecule has 104 valence electrons. The number of hydrogen-bond acceptors (Lipinski definition) is 3. The van der Waals surface area contributed by atoms with Crippen molar-refractivity contribution >= 4 is 16.9 Å². The van der Waals surface area contributed by atoms with E-state index in [0.717, 1.165) is 5.52 Å². The zero-order chi connectivity index (χ0) is 14.3. The van der Waals surface area contributed by atoms with Crippen LogP contribution >= 0.6 is 0 Å². The first-order valence-electron chi connectivity index (χ1n) is 6.85. The van der Waals surface area contributed by atoms with Gasteiger partial charge in [0, 0.05) is 11.9 Å². The Hall–Kier alpha value is -2.17. The highest BCUT2D eigenvalue weighted by atomic mass is 16.4. The first-order valence-corrected chi connectivity index (χ1v) is 6.85. The second kappa shape index (κ2) is 4.74. The van der Waals surface area contributed by atoms with Crippen LogP contribution in [0.25, 0.3) is 10.9 Å². The Morgan fingerprint density at radius 1 is 1.45 bits per heavy atom. The Bertz CT molecular complexity index is 745. The van der Waals surface area contributed by atoms with E-state index < -0.39 is 5.97 Å². The van der Waals surface area contributed by atoms with Crippen LogP contribution in [0.15, 0.2) is 23.0 Å². The van der Waals surface area contributed by atoms with Crippen molar-refractivity contribution in [2.45, 2.75) is 38.6 Å². The lowest BCUT2D eigenvalue weighted by Crippen LogP contribution is -2.21. The van der Waals surface area contributed by atoms with Crippen LogP contribution in [0.3, 0.4) is 0 Å². The van der Waals surface area contributed by atoms with Crippen molar-refractivity contribution in [3.8, 4) is 0 Å². The second-order valence-electron chi connectivity index (χ2n) is 5.21. The molecule has 0 radical (unpaired) electrons. The highest BCUT2D eigenvalue weighted by molar-refractivity contribution is 5.81. The minimum absolute atomic E-state index is 0.103. The molecule has 1 aromatic heterocycles. The maximum atomic E-state index is 12.3. The van der Waals surface area contributed by atoms with Crippen molar-refractivity contribution in [1.82, 2.24) is 9.78 Å². The van der Waals surface area contributed by atoms with E-state index in [1.807, 2.05) is 25.1 Å². The number of hydrogen-bond donors (Lipinski definition) is 1. The zero-order valence-corrected chi connectivity index (χ0v) is 11.3. The molecule has 0 saturated heterocycles. The first-order chi connectivity index (χ1) is 9.60.